The highest BCUT2D eigenvalue weighted by atomic mass is 32.2. The molecule has 0 atom stereocenters. The SMILES string of the molecule is CCN(CC)S(=O)(=O)c1ccc(CCNC(=NC)NCc2ccc(OC)cc2)s1. The number of benzene rings is 1. The summed E-state index contributed by atoms with van der Waals surface area (Å²) >= 11 is 1.33. The molecule has 7 nitrogen and oxygen atoms in total. The first-order chi connectivity index (χ1) is 13.9. The van der Waals surface area contributed by atoms with Crippen LogP contribution in [0.1, 0.15) is 24.3 Å². The molecule has 0 aliphatic heterocycles. The Morgan fingerprint density at radius 2 is 1.79 bits per heavy atom. The molecule has 2 N–H and O–H groups in total. The Morgan fingerprint density at radius 1 is 1.10 bits per heavy atom. The minimum atomic E-state index is -3.38. The highest BCUT2D eigenvalue weighted by Gasteiger charge is 2.23. The second-order valence-corrected chi connectivity index (χ2v) is 9.59. The summed E-state index contributed by atoms with van der Waals surface area (Å²) < 4.78 is 32.2. The van der Waals surface area contributed by atoms with E-state index in [4.69, 9.17) is 4.74 Å². The number of sulfonamides is 1. The number of nitrogens with one attached hydrogen (secondary N) is 2. The van der Waals surface area contributed by atoms with Crippen molar-refractivity contribution in [3.8, 4) is 5.75 Å². The van der Waals surface area contributed by atoms with Crippen LogP contribution in [-0.4, -0.2) is 52.5 Å². The predicted molar refractivity (Wildman–Crippen MR) is 119 cm³/mol. The van der Waals surface area contributed by atoms with Crippen LogP contribution in [0, 0.1) is 0 Å². The van der Waals surface area contributed by atoms with Gasteiger partial charge in [-0.15, -0.1) is 11.3 Å². The summed E-state index contributed by atoms with van der Waals surface area (Å²) in [6.45, 7) is 5.96. The molecule has 0 radical (unpaired) electrons. The van der Waals surface area contributed by atoms with Crippen LogP contribution < -0.4 is 15.4 Å². The van der Waals surface area contributed by atoms with Gasteiger partial charge in [-0.25, -0.2) is 8.42 Å². The van der Waals surface area contributed by atoms with Crippen molar-refractivity contribution in [1.82, 2.24) is 14.9 Å². The van der Waals surface area contributed by atoms with Crippen LogP contribution in [0.25, 0.3) is 0 Å². The van der Waals surface area contributed by atoms with E-state index in [1.165, 1.54) is 15.6 Å². The number of guanidine groups is 1. The van der Waals surface area contributed by atoms with Crippen molar-refractivity contribution < 1.29 is 13.2 Å². The zero-order valence-corrected chi connectivity index (χ0v) is 19.1. The second kappa shape index (κ2) is 11.2. The van der Waals surface area contributed by atoms with Crippen molar-refractivity contribution in [3.63, 3.8) is 0 Å². The number of rotatable bonds is 10. The molecule has 0 saturated carbocycles. The molecule has 1 aromatic carbocycles. The van der Waals surface area contributed by atoms with E-state index >= 15 is 0 Å². The maximum atomic E-state index is 12.6. The molecule has 0 fully saturated rings. The number of nitrogens with zero attached hydrogens (tertiary/aromatic N) is 2. The third-order valence-corrected chi connectivity index (χ3v) is 8.11. The molecule has 0 unspecified atom stereocenters. The Kier molecular flexibility index (Phi) is 8.94. The summed E-state index contributed by atoms with van der Waals surface area (Å²) in [5.74, 6) is 1.53. The third kappa shape index (κ3) is 6.45. The van der Waals surface area contributed by atoms with Crippen LogP contribution in [0.2, 0.25) is 0 Å². The minimum absolute atomic E-state index is 0.401. The zero-order chi connectivity index (χ0) is 21.3. The van der Waals surface area contributed by atoms with Gasteiger partial charge in [0.15, 0.2) is 5.96 Å². The Hall–Kier alpha value is -2.10. The molecule has 0 saturated heterocycles. The number of methoxy groups -OCH3 is 1. The van der Waals surface area contributed by atoms with Crippen LogP contribution in [0.4, 0.5) is 0 Å². The molecule has 0 amide bonds. The van der Waals surface area contributed by atoms with E-state index in [1.807, 2.05) is 44.2 Å². The van der Waals surface area contributed by atoms with Gasteiger partial charge in [0.1, 0.15) is 9.96 Å². The number of hydrogen-bond acceptors (Lipinski definition) is 5. The van der Waals surface area contributed by atoms with Gasteiger partial charge in [0.2, 0.25) is 0 Å². The van der Waals surface area contributed by atoms with E-state index in [0.29, 0.717) is 36.3 Å². The summed E-state index contributed by atoms with van der Waals surface area (Å²) in [7, 11) is -0.0114. The fourth-order valence-corrected chi connectivity index (χ4v) is 5.74. The predicted octanol–water partition coefficient (Wildman–Crippen LogP) is 2.69. The van der Waals surface area contributed by atoms with Crippen LogP contribution in [0.3, 0.4) is 0 Å². The van der Waals surface area contributed by atoms with E-state index in [0.717, 1.165) is 22.6 Å². The van der Waals surface area contributed by atoms with Gasteiger partial charge in [-0.05, 0) is 36.2 Å². The zero-order valence-electron chi connectivity index (χ0n) is 17.4. The molecule has 0 bridgehead atoms. The van der Waals surface area contributed by atoms with Crippen LogP contribution >= 0.6 is 11.3 Å². The molecule has 1 aromatic heterocycles. The van der Waals surface area contributed by atoms with E-state index < -0.39 is 10.0 Å². The molecular weight excluding hydrogens is 408 g/mol. The fourth-order valence-electron chi connectivity index (χ4n) is 2.78. The van der Waals surface area contributed by atoms with Crippen LogP contribution in [0.15, 0.2) is 45.6 Å². The summed E-state index contributed by atoms with van der Waals surface area (Å²) in [6.07, 6.45) is 0.724. The summed E-state index contributed by atoms with van der Waals surface area (Å²) in [5, 5.41) is 6.53. The number of hydrogen-bond donors (Lipinski definition) is 2. The van der Waals surface area contributed by atoms with Crippen molar-refractivity contribution in [2.45, 2.75) is 31.0 Å². The van der Waals surface area contributed by atoms with Gasteiger partial charge in [-0.2, -0.15) is 4.31 Å². The molecule has 0 spiro atoms. The molecule has 0 aliphatic carbocycles. The first-order valence-electron chi connectivity index (χ1n) is 9.60. The van der Waals surface area contributed by atoms with Crippen molar-refractivity contribution in [1.29, 1.82) is 0 Å². The van der Waals surface area contributed by atoms with Gasteiger partial charge in [0.05, 0.1) is 7.11 Å². The monoisotopic (exact) mass is 438 g/mol. The molecule has 29 heavy (non-hydrogen) atoms. The molecule has 2 rings (SSSR count). The van der Waals surface area contributed by atoms with E-state index in [2.05, 4.69) is 15.6 Å². The minimum Gasteiger partial charge on any atom is -0.497 e. The largest absolute Gasteiger partial charge is 0.497 e. The Morgan fingerprint density at radius 3 is 2.38 bits per heavy atom. The highest BCUT2D eigenvalue weighted by Crippen LogP contribution is 2.25. The average Bonchev–Trinajstić information content (AvgIpc) is 3.21. The van der Waals surface area contributed by atoms with Gasteiger partial charge in [-0.1, -0.05) is 26.0 Å². The van der Waals surface area contributed by atoms with Gasteiger partial charge < -0.3 is 15.4 Å². The highest BCUT2D eigenvalue weighted by molar-refractivity contribution is 7.91. The lowest BCUT2D eigenvalue weighted by atomic mass is 10.2. The summed E-state index contributed by atoms with van der Waals surface area (Å²) in [5.41, 5.74) is 1.12. The van der Waals surface area contributed by atoms with Gasteiger partial charge in [0.25, 0.3) is 10.0 Å². The fraction of sp³-hybridized carbons (Fsp3) is 0.450. The maximum absolute atomic E-state index is 12.6. The normalized spacial score (nSPS) is 12.2. The average molecular weight is 439 g/mol. The van der Waals surface area contributed by atoms with Crippen molar-refractivity contribution in [2.75, 3.05) is 33.8 Å². The number of aliphatic imine (C=N–C) groups is 1. The summed E-state index contributed by atoms with van der Waals surface area (Å²) in [6, 6.07) is 11.4. The molecule has 160 valence electrons. The Bertz CT molecular complexity index is 889. The van der Waals surface area contributed by atoms with Gasteiger partial charge in [0, 0.05) is 38.1 Å². The quantitative estimate of drug-likeness (QED) is 0.440. The van der Waals surface area contributed by atoms with Gasteiger partial charge in [-0.3, -0.25) is 4.99 Å². The molecule has 2 aromatic rings. The first kappa shape index (κ1) is 23.2. The molecule has 0 aliphatic rings. The lowest BCUT2D eigenvalue weighted by Crippen LogP contribution is -2.37. The van der Waals surface area contributed by atoms with Gasteiger partial charge >= 0.3 is 0 Å². The Balaban J connectivity index is 1.84. The van der Waals surface area contributed by atoms with Crippen molar-refractivity contribution in [3.05, 3.63) is 46.8 Å². The second-order valence-electron chi connectivity index (χ2n) is 6.26. The number of thiophene rings is 1. The van der Waals surface area contributed by atoms with Crippen LogP contribution in [-0.2, 0) is 23.0 Å². The smallest absolute Gasteiger partial charge is 0.252 e. The Labute approximate surface area is 177 Å². The van der Waals surface area contributed by atoms with Crippen LogP contribution in [0.5, 0.6) is 5.75 Å². The third-order valence-electron chi connectivity index (χ3n) is 4.44. The standard InChI is InChI=1S/C20H30N4O3S2/c1-5-24(6-2)29(25,26)19-12-11-18(28-19)13-14-22-20(21-3)23-15-16-7-9-17(27-4)10-8-16/h7-12H,5-6,13-15H2,1-4H3,(H2,21,22,23). The lowest BCUT2D eigenvalue weighted by Gasteiger charge is -2.16. The van der Waals surface area contributed by atoms with E-state index in [1.54, 1.807) is 20.2 Å². The summed E-state index contributed by atoms with van der Waals surface area (Å²) in [4.78, 5) is 5.25. The first-order valence-corrected chi connectivity index (χ1v) is 11.9. The maximum Gasteiger partial charge on any atom is 0.252 e. The topological polar surface area (TPSA) is 83.0 Å². The molecular formula is C20H30N4O3S2. The number of ether oxygens (including phenoxy) is 1. The molecule has 1 heterocycles. The van der Waals surface area contributed by atoms with E-state index in [9.17, 15) is 8.42 Å². The van der Waals surface area contributed by atoms with Crippen molar-refractivity contribution in [2.24, 2.45) is 4.99 Å². The lowest BCUT2D eigenvalue weighted by molar-refractivity contribution is 0.414. The van der Waals surface area contributed by atoms with E-state index in [-0.39, 0.29) is 0 Å². The van der Waals surface area contributed by atoms with Crippen molar-refractivity contribution >= 4 is 27.3 Å². The molecule has 9 heteroatoms.